The standard InChI is InChI=1S/C6H13.Ni.HO3P/c1-3-5-6-4-2;;1-4(2)3/h1,3-6H2,2H3;;(H-,1,2,3)/q-1;;/p+1. The molecule has 2 N–H and O–H groups in total. The Hall–Kier alpha value is 0.514. The summed E-state index contributed by atoms with van der Waals surface area (Å²) < 4.78 is 8.70. The molecule has 0 spiro atoms. The largest absolute Gasteiger partial charge is 0.692 e. The quantitative estimate of drug-likeness (QED) is 0.334. The van der Waals surface area contributed by atoms with E-state index in [1.807, 2.05) is 0 Å². The van der Waals surface area contributed by atoms with Crippen molar-refractivity contribution in [1.82, 2.24) is 0 Å². The fourth-order valence-electron chi connectivity index (χ4n) is 0.427. The van der Waals surface area contributed by atoms with E-state index in [0.717, 1.165) is 6.42 Å². The molecule has 0 aliphatic carbocycles. The Labute approximate surface area is 79.1 Å². The van der Waals surface area contributed by atoms with Gasteiger partial charge in [0.15, 0.2) is 0 Å². The third-order valence-electron chi connectivity index (χ3n) is 0.854. The van der Waals surface area contributed by atoms with Crippen LogP contribution in [-0.4, -0.2) is 9.79 Å². The summed E-state index contributed by atoms with van der Waals surface area (Å²) in [6, 6.07) is 0. The van der Waals surface area contributed by atoms with Gasteiger partial charge in [-0.25, -0.2) is 0 Å². The monoisotopic (exact) mass is 224 g/mol. The van der Waals surface area contributed by atoms with Gasteiger partial charge in [-0.15, -0.1) is 9.79 Å². The number of hydrogen-bond acceptors (Lipinski definition) is 1. The third-order valence-corrected chi connectivity index (χ3v) is 0.854. The number of rotatable bonds is 3. The molecule has 0 aromatic rings. The first-order valence-electron chi connectivity index (χ1n) is 3.29. The first-order valence-corrected chi connectivity index (χ1v) is 4.45. The van der Waals surface area contributed by atoms with E-state index in [0.29, 0.717) is 0 Å². The Balaban J connectivity index is -0.000000114. The van der Waals surface area contributed by atoms with Crippen LogP contribution in [0.25, 0.3) is 0 Å². The third kappa shape index (κ3) is 61.7. The van der Waals surface area contributed by atoms with Gasteiger partial charge in [-0.3, -0.25) is 0 Å². The summed E-state index contributed by atoms with van der Waals surface area (Å²) in [5.41, 5.74) is 0. The zero-order chi connectivity index (χ0) is 8.41. The van der Waals surface area contributed by atoms with Crippen molar-refractivity contribution >= 4 is 8.25 Å². The molecule has 5 heteroatoms. The SMILES string of the molecule is O=[P+](O)O.[CH2-]CCCCC.[Ni]. The van der Waals surface area contributed by atoms with Crippen LogP contribution in [0.3, 0.4) is 0 Å². The van der Waals surface area contributed by atoms with Gasteiger partial charge in [0.25, 0.3) is 0 Å². The second-order valence-electron chi connectivity index (χ2n) is 1.81. The second kappa shape index (κ2) is 16.9. The van der Waals surface area contributed by atoms with Crippen LogP contribution in [0.15, 0.2) is 0 Å². The average Bonchev–Trinajstić information content (AvgIpc) is 1.82. The van der Waals surface area contributed by atoms with Crippen molar-refractivity contribution in [2.45, 2.75) is 32.6 Å². The van der Waals surface area contributed by atoms with Crippen LogP contribution in [0.1, 0.15) is 32.6 Å². The zero-order valence-electron chi connectivity index (χ0n) is 6.60. The van der Waals surface area contributed by atoms with Gasteiger partial charge in [0.2, 0.25) is 0 Å². The van der Waals surface area contributed by atoms with Crippen LogP contribution in [0, 0.1) is 6.92 Å². The van der Waals surface area contributed by atoms with Gasteiger partial charge in [-0.2, -0.15) is 6.42 Å². The molecule has 0 saturated carbocycles. The van der Waals surface area contributed by atoms with Gasteiger partial charge < -0.3 is 6.92 Å². The maximum atomic E-state index is 8.70. The van der Waals surface area contributed by atoms with E-state index in [2.05, 4.69) is 13.8 Å². The number of hydrogen-bond donors (Lipinski definition) is 2. The molecular weight excluding hydrogens is 210 g/mol. The predicted octanol–water partition coefficient (Wildman–Crippen LogP) is 2.03. The molecule has 3 nitrogen and oxygen atoms in total. The minimum Gasteiger partial charge on any atom is -0.343 e. The normalized spacial score (nSPS) is 7.27. The van der Waals surface area contributed by atoms with Crippen LogP contribution in [0.5, 0.6) is 0 Å². The minimum absolute atomic E-state index is 0. The summed E-state index contributed by atoms with van der Waals surface area (Å²) in [4.78, 5) is 14.2. The van der Waals surface area contributed by atoms with E-state index in [4.69, 9.17) is 14.4 Å². The maximum Gasteiger partial charge on any atom is 0.692 e. The molecule has 0 aromatic carbocycles. The van der Waals surface area contributed by atoms with Crippen LogP contribution in [0.4, 0.5) is 0 Å². The van der Waals surface area contributed by atoms with Gasteiger partial charge in [-0.05, 0) is 0 Å². The maximum absolute atomic E-state index is 8.70. The van der Waals surface area contributed by atoms with E-state index in [-0.39, 0.29) is 16.5 Å². The van der Waals surface area contributed by atoms with Crippen molar-refractivity contribution in [1.29, 1.82) is 0 Å². The molecule has 0 aliphatic heterocycles. The Morgan fingerprint density at radius 2 is 1.73 bits per heavy atom. The van der Waals surface area contributed by atoms with E-state index in [9.17, 15) is 0 Å². The van der Waals surface area contributed by atoms with Crippen LogP contribution >= 0.6 is 8.25 Å². The molecule has 0 aromatic heterocycles. The van der Waals surface area contributed by atoms with Gasteiger partial charge in [0, 0.05) is 21.1 Å². The van der Waals surface area contributed by atoms with Crippen LogP contribution in [0.2, 0.25) is 0 Å². The van der Waals surface area contributed by atoms with Crippen molar-refractivity contribution in [2.24, 2.45) is 0 Å². The molecule has 0 unspecified atom stereocenters. The molecule has 0 bridgehead atoms. The summed E-state index contributed by atoms with van der Waals surface area (Å²) in [6.45, 7) is 5.93. The van der Waals surface area contributed by atoms with Crippen molar-refractivity contribution in [2.75, 3.05) is 0 Å². The van der Waals surface area contributed by atoms with E-state index >= 15 is 0 Å². The predicted molar refractivity (Wildman–Crippen MR) is 41.5 cm³/mol. The zero-order valence-corrected chi connectivity index (χ0v) is 8.48. The molecule has 72 valence electrons. The Bertz CT molecular complexity index is 72.2. The van der Waals surface area contributed by atoms with Gasteiger partial charge >= 0.3 is 8.25 Å². The molecular formula is C6H15NiO3P. The summed E-state index contributed by atoms with van der Waals surface area (Å²) in [7, 11) is -2.87. The molecule has 11 heavy (non-hydrogen) atoms. The molecule has 0 aliphatic rings. The first kappa shape index (κ1) is 17.6. The summed E-state index contributed by atoms with van der Waals surface area (Å²) in [5.74, 6) is 0. The molecule has 0 amide bonds. The molecule has 0 fully saturated rings. The minimum atomic E-state index is -2.87. The Morgan fingerprint density at radius 3 is 1.82 bits per heavy atom. The Kier molecular flexibility index (Phi) is 26.9. The summed E-state index contributed by atoms with van der Waals surface area (Å²) >= 11 is 0. The van der Waals surface area contributed by atoms with Crippen LogP contribution in [-0.2, 0) is 21.1 Å². The van der Waals surface area contributed by atoms with Crippen molar-refractivity contribution in [3.05, 3.63) is 6.92 Å². The topological polar surface area (TPSA) is 57.5 Å². The van der Waals surface area contributed by atoms with Gasteiger partial charge in [0.05, 0.1) is 0 Å². The van der Waals surface area contributed by atoms with Crippen molar-refractivity contribution in [3.63, 3.8) is 0 Å². The molecule has 0 heterocycles. The van der Waals surface area contributed by atoms with Crippen molar-refractivity contribution in [3.8, 4) is 0 Å². The molecule has 0 atom stereocenters. The molecule has 0 rings (SSSR count). The fourth-order valence-corrected chi connectivity index (χ4v) is 0.427. The smallest absolute Gasteiger partial charge is 0.343 e. The van der Waals surface area contributed by atoms with Crippen molar-refractivity contribution < 1.29 is 30.8 Å². The molecule has 0 radical (unpaired) electrons. The molecule has 0 saturated heterocycles. The summed E-state index contributed by atoms with van der Waals surface area (Å²) in [5, 5.41) is 0. The second-order valence-corrected chi connectivity index (χ2v) is 2.32. The van der Waals surface area contributed by atoms with Gasteiger partial charge in [-0.1, -0.05) is 26.2 Å². The van der Waals surface area contributed by atoms with Gasteiger partial charge in [0.1, 0.15) is 0 Å². The van der Waals surface area contributed by atoms with E-state index in [1.165, 1.54) is 19.3 Å². The fraction of sp³-hybridized carbons (Fsp3) is 0.833. The summed E-state index contributed by atoms with van der Waals surface area (Å²) in [6.07, 6.45) is 5.07. The number of unbranched alkanes of at least 4 members (excludes halogenated alkanes) is 3. The first-order chi connectivity index (χ1) is 4.65. The average molecular weight is 225 g/mol. The van der Waals surface area contributed by atoms with E-state index in [1.54, 1.807) is 0 Å². The van der Waals surface area contributed by atoms with Crippen LogP contribution < -0.4 is 0 Å². The van der Waals surface area contributed by atoms with E-state index < -0.39 is 8.25 Å². The Morgan fingerprint density at radius 1 is 1.36 bits per heavy atom.